The predicted molar refractivity (Wildman–Crippen MR) is 92.1 cm³/mol. The minimum atomic E-state index is 0.193. The number of aromatic nitrogens is 1. The van der Waals surface area contributed by atoms with E-state index in [0.29, 0.717) is 0 Å². The first-order valence-corrected chi connectivity index (χ1v) is 8.07. The van der Waals surface area contributed by atoms with E-state index in [1.807, 2.05) is 6.92 Å². The zero-order valence-electron chi connectivity index (χ0n) is 14.4. The molecule has 120 valence electrons. The molecular weight excluding hydrogens is 282 g/mol. The van der Waals surface area contributed by atoms with Gasteiger partial charge in [0, 0.05) is 25.0 Å². The molecule has 0 spiro atoms. The van der Waals surface area contributed by atoms with Gasteiger partial charge in [-0.25, -0.2) is 4.98 Å². The molecule has 0 saturated carbocycles. The molecule has 1 aromatic rings. The molecule has 0 saturated heterocycles. The van der Waals surface area contributed by atoms with Gasteiger partial charge in [0.25, 0.3) is 0 Å². The van der Waals surface area contributed by atoms with Crippen LogP contribution < -0.4 is 10.6 Å². The lowest BCUT2D eigenvalue weighted by atomic mass is 9.93. The van der Waals surface area contributed by atoms with Crippen LogP contribution in [0.4, 0.5) is 0 Å². The quantitative estimate of drug-likeness (QED) is 0.623. The minimum absolute atomic E-state index is 0.193. The maximum absolute atomic E-state index is 4.45. The van der Waals surface area contributed by atoms with Gasteiger partial charge in [0.1, 0.15) is 0 Å². The smallest absolute Gasteiger partial charge is 0.191 e. The van der Waals surface area contributed by atoms with Gasteiger partial charge in [-0.1, -0.05) is 13.8 Å². The fraction of sp³-hybridized carbons (Fsp3) is 0.733. The number of aliphatic imine (C=N–C) groups is 1. The Morgan fingerprint density at radius 2 is 1.95 bits per heavy atom. The Morgan fingerprint density at radius 1 is 1.29 bits per heavy atom. The number of aryl methyl sites for hydroxylation is 2. The first kappa shape index (κ1) is 17.9. The Bertz CT molecular complexity index is 476. The van der Waals surface area contributed by atoms with Crippen LogP contribution in [0.1, 0.15) is 29.4 Å². The highest BCUT2D eigenvalue weighted by molar-refractivity contribution is 7.11. The molecule has 0 unspecified atom stereocenters. The van der Waals surface area contributed by atoms with Gasteiger partial charge in [-0.15, -0.1) is 11.3 Å². The number of guanidine groups is 1. The van der Waals surface area contributed by atoms with E-state index in [4.69, 9.17) is 0 Å². The van der Waals surface area contributed by atoms with E-state index in [1.54, 1.807) is 18.4 Å². The summed E-state index contributed by atoms with van der Waals surface area (Å²) in [5.41, 5.74) is 1.30. The Kier molecular flexibility index (Phi) is 6.61. The van der Waals surface area contributed by atoms with Crippen molar-refractivity contribution >= 4 is 17.3 Å². The van der Waals surface area contributed by atoms with Crippen LogP contribution in [0.2, 0.25) is 0 Å². The topological polar surface area (TPSA) is 52.6 Å². The van der Waals surface area contributed by atoms with Crippen molar-refractivity contribution in [1.82, 2.24) is 20.5 Å². The molecule has 0 bridgehead atoms. The molecule has 5 nitrogen and oxygen atoms in total. The van der Waals surface area contributed by atoms with Crippen molar-refractivity contribution in [2.75, 3.05) is 34.2 Å². The second kappa shape index (κ2) is 7.75. The van der Waals surface area contributed by atoms with E-state index in [2.05, 4.69) is 60.4 Å². The van der Waals surface area contributed by atoms with Gasteiger partial charge in [-0.05, 0) is 33.4 Å². The van der Waals surface area contributed by atoms with Crippen molar-refractivity contribution in [3.05, 3.63) is 15.6 Å². The second-order valence-corrected chi connectivity index (χ2v) is 7.71. The average Bonchev–Trinajstić information content (AvgIpc) is 2.66. The lowest BCUT2D eigenvalue weighted by Crippen LogP contribution is -2.44. The molecule has 21 heavy (non-hydrogen) atoms. The maximum Gasteiger partial charge on any atom is 0.191 e. The molecule has 0 fully saturated rings. The van der Waals surface area contributed by atoms with Crippen LogP contribution in [0.3, 0.4) is 0 Å². The van der Waals surface area contributed by atoms with E-state index >= 15 is 0 Å². The van der Waals surface area contributed by atoms with Crippen LogP contribution in [0, 0.1) is 19.3 Å². The van der Waals surface area contributed by atoms with E-state index in [-0.39, 0.29) is 5.41 Å². The Morgan fingerprint density at radius 3 is 2.43 bits per heavy atom. The number of hydrogen-bond donors (Lipinski definition) is 2. The predicted octanol–water partition coefficient (Wildman–Crippen LogP) is 2.01. The lowest BCUT2D eigenvalue weighted by molar-refractivity contribution is 0.241. The zero-order chi connectivity index (χ0) is 16.0. The maximum atomic E-state index is 4.45. The molecule has 1 aromatic heterocycles. The third-order valence-electron chi connectivity index (χ3n) is 3.12. The minimum Gasteiger partial charge on any atom is -0.356 e. The van der Waals surface area contributed by atoms with Crippen LogP contribution in [-0.4, -0.2) is 50.1 Å². The summed E-state index contributed by atoms with van der Waals surface area (Å²) < 4.78 is 0. The Balaban J connectivity index is 2.48. The molecule has 0 amide bonds. The standard InChI is InChI=1S/C15H29N5S/c1-11-13(21-12(2)19-11)8-17-14(16-5)18-9-15(3,4)10-20(6)7/h8-10H2,1-7H3,(H2,16,17,18). The molecule has 0 atom stereocenters. The van der Waals surface area contributed by atoms with Crippen molar-refractivity contribution in [3.63, 3.8) is 0 Å². The van der Waals surface area contributed by atoms with E-state index in [0.717, 1.165) is 36.3 Å². The van der Waals surface area contributed by atoms with Crippen molar-refractivity contribution < 1.29 is 0 Å². The first-order chi connectivity index (χ1) is 9.73. The average molecular weight is 311 g/mol. The normalized spacial score (nSPS) is 12.9. The van der Waals surface area contributed by atoms with Crippen molar-refractivity contribution in [1.29, 1.82) is 0 Å². The summed E-state index contributed by atoms with van der Waals surface area (Å²) in [6.07, 6.45) is 0. The molecule has 6 heteroatoms. The third-order valence-corrected chi connectivity index (χ3v) is 4.19. The summed E-state index contributed by atoms with van der Waals surface area (Å²) in [6, 6.07) is 0. The van der Waals surface area contributed by atoms with E-state index < -0.39 is 0 Å². The highest BCUT2D eigenvalue weighted by Crippen LogP contribution is 2.16. The Hall–Kier alpha value is -1.14. The van der Waals surface area contributed by atoms with Gasteiger partial charge in [0.15, 0.2) is 5.96 Å². The fourth-order valence-corrected chi connectivity index (χ4v) is 3.23. The van der Waals surface area contributed by atoms with Crippen LogP contribution in [0.5, 0.6) is 0 Å². The second-order valence-electron chi connectivity index (χ2n) is 6.42. The van der Waals surface area contributed by atoms with Crippen LogP contribution in [0.15, 0.2) is 4.99 Å². The van der Waals surface area contributed by atoms with Crippen LogP contribution >= 0.6 is 11.3 Å². The zero-order valence-corrected chi connectivity index (χ0v) is 15.2. The monoisotopic (exact) mass is 311 g/mol. The molecule has 0 aliphatic rings. The number of hydrogen-bond acceptors (Lipinski definition) is 4. The molecule has 1 rings (SSSR count). The number of nitrogens with one attached hydrogen (secondary N) is 2. The first-order valence-electron chi connectivity index (χ1n) is 7.25. The van der Waals surface area contributed by atoms with E-state index in [1.165, 1.54) is 4.88 Å². The van der Waals surface area contributed by atoms with Crippen molar-refractivity contribution in [2.24, 2.45) is 10.4 Å². The van der Waals surface area contributed by atoms with Gasteiger partial charge in [0.05, 0.1) is 17.2 Å². The summed E-state index contributed by atoms with van der Waals surface area (Å²) in [6.45, 7) is 11.3. The van der Waals surface area contributed by atoms with Crippen molar-refractivity contribution in [3.8, 4) is 0 Å². The van der Waals surface area contributed by atoms with Gasteiger partial charge >= 0.3 is 0 Å². The van der Waals surface area contributed by atoms with Crippen molar-refractivity contribution in [2.45, 2.75) is 34.2 Å². The summed E-state index contributed by atoms with van der Waals surface area (Å²) >= 11 is 1.74. The SMILES string of the molecule is CN=C(NCc1sc(C)nc1C)NCC(C)(C)CN(C)C. The highest BCUT2D eigenvalue weighted by atomic mass is 32.1. The molecule has 1 heterocycles. The van der Waals surface area contributed by atoms with Gasteiger partial charge in [-0.2, -0.15) is 0 Å². The molecule has 0 aromatic carbocycles. The molecule has 0 radical (unpaired) electrons. The van der Waals surface area contributed by atoms with Crippen LogP contribution in [-0.2, 0) is 6.54 Å². The number of nitrogens with zero attached hydrogens (tertiary/aromatic N) is 3. The lowest BCUT2D eigenvalue weighted by Gasteiger charge is -2.29. The van der Waals surface area contributed by atoms with E-state index in [9.17, 15) is 0 Å². The highest BCUT2D eigenvalue weighted by Gasteiger charge is 2.19. The number of rotatable bonds is 6. The summed E-state index contributed by atoms with van der Waals surface area (Å²) in [7, 11) is 6.01. The molecule has 0 aliphatic carbocycles. The molecular formula is C15H29N5S. The summed E-state index contributed by atoms with van der Waals surface area (Å²) in [5, 5.41) is 7.88. The summed E-state index contributed by atoms with van der Waals surface area (Å²) in [4.78, 5) is 12.2. The fourth-order valence-electron chi connectivity index (χ4n) is 2.36. The number of thiazole rings is 1. The van der Waals surface area contributed by atoms with Gasteiger partial charge in [-0.3, -0.25) is 4.99 Å². The largest absolute Gasteiger partial charge is 0.356 e. The van der Waals surface area contributed by atoms with Gasteiger partial charge in [0.2, 0.25) is 0 Å². The molecule has 2 N–H and O–H groups in total. The third kappa shape index (κ3) is 6.44. The Labute approximate surface area is 132 Å². The molecule has 0 aliphatic heterocycles. The van der Waals surface area contributed by atoms with Crippen LogP contribution in [0.25, 0.3) is 0 Å². The van der Waals surface area contributed by atoms with Gasteiger partial charge < -0.3 is 15.5 Å². The summed E-state index contributed by atoms with van der Waals surface area (Å²) in [5.74, 6) is 0.840.